The lowest BCUT2D eigenvalue weighted by Crippen LogP contribution is -1.91. The molecule has 0 fully saturated rings. The minimum Gasteiger partial charge on any atom is -0.396 e. The molecule has 0 aliphatic heterocycles. The minimum absolute atomic E-state index is 0.0572. The third-order valence-corrected chi connectivity index (χ3v) is 3.05. The average molecular weight is 302 g/mol. The fourth-order valence-corrected chi connectivity index (χ4v) is 1.90. The van der Waals surface area contributed by atoms with Crippen LogP contribution in [0, 0.1) is 0 Å². The Morgan fingerprint density at radius 2 is 2.00 bits per heavy atom. The first-order chi connectivity index (χ1) is 7.70. The van der Waals surface area contributed by atoms with Crippen molar-refractivity contribution in [3.63, 3.8) is 0 Å². The second kappa shape index (κ2) is 4.99. The van der Waals surface area contributed by atoms with Gasteiger partial charge in [-0.25, -0.2) is 4.98 Å². The van der Waals surface area contributed by atoms with Crippen molar-refractivity contribution in [1.29, 1.82) is 0 Å². The quantitative estimate of drug-likeness (QED) is 0.915. The first kappa shape index (κ1) is 11.6. The maximum Gasteiger partial charge on any atom is 0.150 e. The molecule has 2 rings (SSSR count). The number of aromatic nitrogens is 2. The van der Waals surface area contributed by atoms with Crippen LogP contribution >= 0.6 is 27.5 Å². The van der Waals surface area contributed by atoms with Crippen LogP contribution in [0.1, 0.15) is 5.69 Å². The zero-order valence-corrected chi connectivity index (χ0v) is 10.7. The molecule has 0 bridgehead atoms. The molecule has 84 valence electrons. The van der Waals surface area contributed by atoms with Gasteiger partial charge in [0.05, 0.1) is 5.69 Å². The van der Waals surface area contributed by atoms with Crippen LogP contribution in [0.5, 0.6) is 0 Å². The van der Waals surface area contributed by atoms with E-state index in [2.05, 4.69) is 25.9 Å². The first-order valence-electron chi connectivity index (χ1n) is 4.82. The third kappa shape index (κ3) is 2.45. The summed E-state index contributed by atoms with van der Waals surface area (Å²) in [5.41, 5.74) is 1.73. The lowest BCUT2D eigenvalue weighted by molar-refractivity contribution is 0.298. The lowest BCUT2D eigenvalue weighted by atomic mass is 10.2. The Morgan fingerprint density at radius 1 is 1.31 bits per heavy atom. The van der Waals surface area contributed by atoms with Gasteiger partial charge >= 0.3 is 0 Å². The number of rotatable bonds is 3. The van der Waals surface area contributed by atoms with Crippen molar-refractivity contribution in [2.75, 3.05) is 6.61 Å². The zero-order chi connectivity index (χ0) is 11.5. The maximum atomic E-state index is 8.85. The summed E-state index contributed by atoms with van der Waals surface area (Å²) in [6.07, 6.45) is 0.488. The Morgan fingerprint density at radius 3 is 2.62 bits per heavy atom. The summed E-state index contributed by atoms with van der Waals surface area (Å²) in [6, 6.07) is 7.78. The van der Waals surface area contributed by atoms with Crippen molar-refractivity contribution < 1.29 is 5.11 Å². The van der Waals surface area contributed by atoms with E-state index in [1.165, 1.54) is 0 Å². The number of hydrogen-bond donors (Lipinski definition) is 2. The molecule has 1 aromatic heterocycles. The molecule has 0 aliphatic rings. The highest BCUT2D eigenvalue weighted by Gasteiger charge is 2.08. The number of aliphatic hydroxyl groups is 1. The Kier molecular flexibility index (Phi) is 3.63. The van der Waals surface area contributed by atoms with Crippen molar-refractivity contribution in [1.82, 2.24) is 9.97 Å². The van der Waals surface area contributed by atoms with Gasteiger partial charge in [-0.05, 0) is 12.1 Å². The van der Waals surface area contributed by atoms with Crippen LogP contribution in [-0.2, 0) is 6.42 Å². The normalized spacial score (nSPS) is 10.7. The van der Waals surface area contributed by atoms with Gasteiger partial charge in [-0.2, -0.15) is 0 Å². The van der Waals surface area contributed by atoms with Gasteiger partial charge in [-0.15, -0.1) is 0 Å². The molecular formula is C11H10BrClN2O. The number of hydrogen-bond acceptors (Lipinski definition) is 2. The molecule has 2 N–H and O–H groups in total. The molecule has 16 heavy (non-hydrogen) atoms. The topological polar surface area (TPSA) is 48.9 Å². The summed E-state index contributed by atoms with van der Waals surface area (Å²) in [4.78, 5) is 7.31. The second-order valence-electron chi connectivity index (χ2n) is 3.34. The molecule has 0 saturated heterocycles. The van der Waals surface area contributed by atoms with E-state index < -0.39 is 0 Å². The number of H-pyrrole nitrogens is 1. The van der Waals surface area contributed by atoms with Crippen LogP contribution in [0.4, 0.5) is 0 Å². The minimum atomic E-state index is 0.0572. The molecule has 0 radical (unpaired) electrons. The number of aliphatic hydroxyl groups excluding tert-OH is 1. The van der Waals surface area contributed by atoms with E-state index in [-0.39, 0.29) is 6.61 Å². The molecule has 0 amide bonds. The van der Waals surface area contributed by atoms with Gasteiger partial charge in [-0.1, -0.05) is 39.7 Å². The Bertz CT molecular complexity index is 481. The summed E-state index contributed by atoms with van der Waals surface area (Å²) < 4.78 is 1.02. The molecule has 1 heterocycles. The predicted octanol–water partition coefficient (Wildman–Crippen LogP) is 3.03. The fraction of sp³-hybridized carbons (Fsp3) is 0.182. The van der Waals surface area contributed by atoms with Gasteiger partial charge in [0.15, 0.2) is 5.15 Å². The standard InChI is InChI=1S/C11H10BrClN2O/c12-8-3-1-7(2-4-8)11-14-9(5-6-16)10(13)15-11/h1-4,16H,5-6H2,(H,14,15). The summed E-state index contributed by atoms with van der Waals surface area (Å²) in [7, 11) is 0. The summed E-state index contributed by atoms with van der Waals surface area (Å²) in [6.45, 7) is 0.0572. The predicted molar refractivity (Wildman–Crippen MR) is 67.5 cm³/mol. The molecule has 0 saturated carbocycles. The molecule has 0 atom stereocenters. The molecule has 5 heteroatoms. The van der Waals surface area contributed by atoms with E-state index in [9.17, 15) is 0 Å². The monoisotopic (exact) mass is 300 g/mol. The third-order valence-electron chi connectivity index (χ3n) is 2.21. The van der Waals surface area contributed by atoms with Gasteiger partial charge in [-0.3, -0.25) is 0 Å². The van der Waals surface area contributed by atoms with Crippen LogP contribution < -0.4 is 0 Å². The molecule has 0 spiro atoms. The van der Waals surface area contributed by atoms with Crippen molar-refractivity contribution in [3.05, 3.63) is 39.6 Å². The van der Waals surface area contributed by atoms with E-state index in [0.717, 1.165) is 21.6 Å². The van der Waals surface area contributed by atoms with Gasteiger partial charge in [0, 0.05) is 23.1 Å². The number of aromatic amines is 1. The highest BCUT2D eigenvalue weighted by Crippen LogP contribution is 2.23. The van der Waals surface area contributed by atoms with Crippen molar-refractivity contribution in [3.8, 4) is 11.4 Å². The van der Waals surface area contributed by atoms with Crippen LogP contribution in [0.25, 0.3) is 11.4 Å². The summed E-state index contributed by atoms with van der Waals surface area (Å²) in [5, 5.41) is 9.27. The fourth-order valence-electron chi connectivity index (χ4n) is 1.41. The van der Waals surface area contributed by atoms with Gasteiger partial charge in [0.2, 0.25) is 0 Å². The summed E-state index contributed by atoms with van der Waals surface area (Å²) in [5.74, 6) is 0.723. The van der Waals surface area contributed by atoms with Crippen molar-refractivity contribution in [2.45, 2.75) is 6.42 Å². The number of benzene rings is 1. The number of imidazole rings is 1. The maximum absolute atomic E-state index is 8.85. The van der Waals surface area contributed by atoms with Crippen LogP contribution in [0.3, 0.4) is 0 Å². The molecule has 1 aromatic carbocycles. The summed E-state index contributed by atoms with van der Waals surface area (Å²) >= 11 is 9.31. The van der Waals surface area contributed by atoms with E-state index in [1.54, 1.807) is 0 Å². The Labute approximate surface area is 107 Å². The Balaban J connectivity index is 2.33. The van der Waals surface area contributed by atoms with Crippen LogP contribution in [-0.4, -0.2) is 21.7 Å². The van der Waals surface area contributed by atoms with Gasteiger partial charge in [0.25, 0.3) is 0 Å². The lowest BCUT2D eigenvalue weighted by Gasteiger charge is -1.96. The van der Waals surface area contributed by atoms with E-state index in [0.29, 0.717) is 11.6 Å². The zero-order valence-electron chi connectivity index (χ0n) is 8.37. The van der Waals surface area contributed by atoms with Crippen LogP contribution in [0.15, 0.2) is 28.7 Å². The molecule has 2 aromatic rings. The molecular weight excluding hydrogens is 291 g/mol. The first-order valence-corrected chi connectivity index (χ1v) is 5.99. The largest absolute Gasteiger partial charge is 0.396 e. The number of nitrogens with one attached hydrogen (secondary N) is 1. The van der Waals surface area contributed by atoms with E-state index in [1.807, 2.05) is 24.3 Å². The van der Waals surface area contributed by atoms with Crippen molar-refractivity contribution in [2.24, 2.45) is 0 Å². The van der Waals surface area contributed by atoms with Crippen LogP contribution in [0.2, 0.25) is 5.15 Å². The highest BCUT2D eigenvalue weighted by molar-refractivity contribution is 9.10. The van der Waals surface area contributed by atoms with E-state index >= 15 is 0 Å². The highest BCUT2D eigenvalue weighted by atomic mass is 79.9. The average Bonchev–Trinajstić information content (AvgIpc) is 2.62. The molecule has 0 aliphatic carbocycles. The molecule has 3 nitrogen and oxygen atoms in total. The van der Waals surface area contributed by atoms with E-state index in [4.69, 9.17) is 16.7 Å². The number of halogens is 2. The SMILES string of the molecule is OCCc1[nH]c(-c2ccc(Br)cc2)nc1Cl. The molecule has 0 unspecified atom stereocenters. The second-order valence-corrected chi connectivity index (χ2v) is 4.61. The van der Waals surface area contributed by atoms with Gasteiger partial charge in [0.1, 0.15) is 5.82 Å². The van der Waals surface area contributed by atoms with Crippen molar-refractivity contribution >= 4 is 27.5 Å². The van der Waals surface area contributed by atoms with Gasteiger partial charge < -0.3 is 10.1 Å². The number of nitrogens with zero attached hydrogens (tertiary/aromatic N) is 1. The Hall–Kier alpha value is -0.840. The smallest absolute Gasteiger partial charge is 0.150 e.